The first-order valence-electron chi connectivity index (χ1n) is 2.94. The summed E-state index contributed by atoms with van der Waals surface area (Å²) in [6.07, 6.45) is 1.03. The molecular formula is C6H2BrClN2O2S. The minimum Gasteiger partial charge on any atom is -0.242 e. The van der Waals surface area contributed by atoms with Crippen molar-refractivity contribution in [1.29, 1.82) is 5.26 Å². The van der Waals surface area contributed by atoms with Crippen LogP contribution in [0.5, 0.6) is 0 Å². The predicted molar refractivity (Wildman–Crippen MR) is 49.7 cm³/mol. The Bertz CT molecular complexity index is 480. The number of hydrogen-bond donors (Lipinski definition) is 0. The molecule has 0 aromatic carbocycles. The van der Waals surface area contributed by atoms with E-state index in [1.54, 1.807) is 0 Å². The molecule has 1 aromatic rings. The van der Waals surface area contributed by atoms with Crippen molar-refractivity contribution in [2.75, 3.05) is 0 Å². The Morgan fingerprint density at radius 2 is 2.23 bits per heavy atom. The Morgan fingerprint density at radius 1 is 1.62 bits per heavy atom. The molecule has 1 heterocycles. The predicted octanol–water partition coefficient (Wildman–Crippen LogP) is 1.75. The van der Waals surface area contributed by atoms with E-state index in [0.29, 0.717) is 4.47 Å². The van der Waals surface area contributed by atoms with Crippen LogP contribution >= 0.6 is 27.5 Å². The summed E-state index contributed by atoms with van der Waals surface area (Å²) in [6.45, 7) is 0. The monoisotopic (exact) mass is 280 g/mol. The highest BCUT2D eigenvalue weighted by Crippen LogP contribution is 2.22. The summed E-state index contributed by atoms with van der Waals surface area (Å²) in [5.41, 5.74) is 0. The second-order valence-corrected chi connectivity index (χ2v) is 4.91. The summed E-state index contributed by atoms with van der Waals surface area (Å²) in [6, 6.07) is 1.23. The summed E-state index contributed by atoms with van der Waals surface area (Å²) in [4.78, 5) is 3.41. The van der Waals surface area contributed by atoms with Crippen molar-refractivity contribution in [2.24, 2.45) is 0 Å². The molecule has 0 amide bonds. The molecule has 0 atom stereocenters. The fourth-order valence-corrected chi connectivity index (χ4v) is 1.78. The van der Waals surface area contributed by atoms with Gasteiger partial charge in [-0.25, -0.2) is 13.4 Å². The van der Waals surface area contributed by atoms with Crippen LogP contribution in [-0.4, -0.2) is 13.4 Å². The van der Waals surface area contributed by atoms with Crippen LogP contribution in [0.25, 0.3) is 0 Å². The van der Waals surface area contributed by atoms with Gasteiger partial charge in [0.25, 0.3) is 9.84 Å². The number of hydrogen-bond acceptors (Lipinski definition) is 4. The van der Waals surface area contributed by atoms with Crippen LogP contribution in [0.2, 0.25) is 5.15 Å². The lowest BCUT2D eigenvalue weighted by Gasteiger charge is -1.97. The molecule has 0 fully saturated rings. The van der Waals surface area contributed by atoms with Gasteiger partial charge in [-0.3, -0.25) is 0 Å². The Morgan fingerprint density at radius 3 is 2.69 bits per heavy atom. The molecule has 13 heavy (non-hydrogen) atoms. The van der Waals surface area contributed by atoms with Crippen LogP contribution in [0.15, 0.2) is 21.6 Å². The van der Waals surface area contributed by atoms with Crippen LogP contribution in [-0.2, 0) is 9.84 Å². The largest absolute Gasteiger partial charge is 0.271 e. The highest BCUT2D eigenvalue weighted by atomic mass is 79.9. The summed E-state index contributed by atoms with van der Waals surface area (Å²) < 4.78 is 22.3. The second kappa shape index (κ2) is 3.62. The molecule has 7 heteroatoms. The number of nitrogens with zero attached hydrogens (tertiary/aromatic N) is 2. The average Bonchev–Trinajstić information content (AvgIpc) is 2.09. The van der Waals surface area contributed by atoms with Gasteiger partial charge in [-0.15, -0.1) is 0 Å². The number of sulfone groups is 1. The van der Waals surface area contributed by atoms with Crippen molar-refractivity contribution in [3.8, 4) is 5.40 Å². The first-order valence-corrected chi connectivity index (χ1v) is 5.60. The Hall–Kier alpha value is -0.640. The molecule has 0 saturated carbocycles. The van der Waals surface area contributed by atoms with Gasteiger partial charge in [0.15, 0.2) is 5.40 Å². The van der Waals surface area contributed by atoms with Crippen LogP contribution in [0.1, 0.15) is 0 Å². The van der Waals surface area contributed by atoms with Crippen molar-refractivity contribution in [3.63, 3.8) is 0 Å². The van der Waals surface area contributed by atoms with Gasteiger partial charge in [-0.05, 0) is 22.0 Å². The summed E-state index contributed by atoms with van der Waals surface area (Å²) in [7, 11) is -3.88. The maximum Gasteiger partial charge on any atom is 0.271 e. The van der Waals surface area contributed by atoms with Crippen molar-refractivity contribution in [1.82, 2.24) is 4.98 Å². The molecule has 0 aliphatic rings. The Labute approximate surface area is 88.2 Å². The van der Waals surface area contributed by atoms with Crippen LogP contribution in [0.3, 0.4) is 0 Å². The molecule has 4 nitrogen and oxygen atoms in total. The molecule has 68 valence electrons. The molecule has 0 radical (unpaired) electrons. The lowest BCUT2D eigenvalue weighted by molar-refractivity contribution is 0.605. The fourth-order valence-electron chi connectivity index (χ4n) is 0.603. The van der Waals surface area contributed by atoms with Crippen molar-refractivity contribution in [2.45, 2.75) is 4.90 Å². The SMILES string of the molecule is N#CS(=O)(=O)c1cnc(Cl)c(Br)c1. The van der Waals surface area contributed by atoms with Crippen molar-refractivity contribution in [3.05, 3.63) is 21.9 Å². The van der Waals surface area contributed by atoms with Gasteiger partial charge < -0.3 is 0 Å². The van der Waals surface area contributed by atoms with E-state index in [1.165, 1.54) is 11.5 Å². The van der Waals surface area contributed by atoms with Crippen molar-refractivity contribution < 1.29 is 8.42 Å². The Balaban J connectivity index is 3.38. The maximum absolute atomic E-state index is 11.0. The number of aromatic nitrogens is 1. The topological polar surface area (TPSA) is 70.8 Å². The number of nitriles is 1. The summed E-state index contributed by atoms with van der Waals surface area (Å²) in [5.74, 6) is 0. The van der Waals surface area contributed by atoms with Crippen LogP contribution in [0.4, 0.5) is 0 Å². The zero-order chi connectivity index (χ0) is 10.1. The molecule has 0 aliphatic heterocycles. The van der Waals surface area contributed by atoms with E-state index in [1.807, 2.05) is 0 Å². The minimum absolute atomic E-state index is 0.150. The van der Waals surface area contributed by atoms with Gasteiger partial charge in [0.1, 0.15) is 10.0 Å². The van der Waals surface area contributed by atoms with Gasteiger partial charge in [-0.1, -0.05) is 11.6 Å². The molecule has 0 N–H and O–H groups in total. The molecule has 1 aromatic heterocycles. The molecule has 1 rings (SSSR count). The van der Waals surface area contributed by atoms with E-state index in [0.717, 1.165) is 6.20 Å². The van der Waals surface area contributed by atoms with Gasteiger partial charge >= 0.3 is 0 Å². The minimum atomic E-state index is -3.88. The van der Waals surface area contributed by atoms with Crippen molar-refractivity contribution >= 4 is 37.4 Å². The van der Waals surface area contributed by atoms with E-state index in [2.05, 4.69) is 20.9 Å². The third-order valence-electron chi connectivity index (χ3n) is 1.20. The number of rotatable bonds is 1. The highest BCUT2D eigenvalue weighted by molar-refractivity contribution is 9.10. The Kier molecular flexibility index (Phi) is 2.91. The van der Waals surface area contributed by atoms with E-state index in [9.17, 15) is 8.42 Å². The van der Waals surface area contributed by atoms with Crippen LogP contribution < -0.4 is 0 Å². The zero-order valence-corrected chi connectivity index (χ0v) is 9.19. The van der Waals surface area contributed by atoms with Gasteiger partial charge in [0, 0.05) is 6.20 Å². The lowest BCUT2D eigenvalue weighted by Crippen LogP contribution is -1.97. The number of halogens is 2. The molecule has 0 aliphatic carbocycles. The quantitative estimate of drug-likeness (QED) is 0.447. The third-order valence-corrected chi connectivity index (χ3v) is 3.42. The molecule has 0 spiro atoms. The van der Waals surface area contributed by atoms with E-state index in [-0.39, 0.29) is 10.0 Å². The fraction of sp³-hybridized carbons (Fsp3) is 0. The standard InChI is InChI=1S/C6H2BrClN2O2S/c7-5-1-4(2-10-6(5)8)13(11,12)3-9/h1-2H. The summed E-state index contributed by atoms with van der Waals surface area (Å²) >= 11 is 8.54. The van der Waals surface area contributed by atoms with Gasteiger partial charge in [-0.2, -0.15) is 5.26 Å². The number of thiocyanates is 1. The molecule has 0 bridgehead atoms. The second-order valence-electron chi connectivity index (χ2n) is 2.04. The first-order chi connectivity index (χ1) is 5.97. The normalized spacial score (nSPS) is 10.8. The summed E-state index contributed by atoms with van der Waals surface area (Å²) in [5, 5.41) is 9.62. The zero-order valence-electron chi connectivity index (χ0n) is 6.03. The van der Waals surface area contributed by atoms with Gasteiger partial charge in [0.2, 0.25) is 0 Å². The lowest BCUT2D eigenvalue weighted by atomic mass is 10.5. The third kappa shape index (κ3) is 2.18. The average molecular weight is 282 g/mol. The van der Waals surface area contributed by atoms with E-state index >= 15 is 0 Å². The number of pyridine rings is 1. The molecule has 0 unspecified atom stereocenters. The van der Waals surface area contributed by atoms with E-state index in [4.69, 9.17) is 16.9 Å². The van der Waals surface area contributed by atoms with Gasteiger partial charge in [0.05, 0.1) is 4.47 Å². The first kappa shape index (κ1) is 10.4. The van der Waals surface area contributed by atoms with E-state index < -0.39 is 9.84 Å². The molecular weight excluding hydrogens is 280 g/mol. The smallest absolute Gasteiger partial charge is 0.242 e. The molecule has 0 saturated heterocycles. The van der Waals surface area contributed by atoms with Crippen LogP contribution in [0, 0.1) is 10.7 Å². The highest BCUT2D eigenvalue weighted by Gasteiger charge is 2.14. The maximum atomic E-state index is 11.0.